The number of phenolic OH excluding ortho intramolecular Hbond substituents is 1. The summed E-state index contributed by atoms with van der Waals surface area (Å²) >= 11 is 1.35. The number of phenols is 1. The molecule has 0 spiro atoms. The number of carbonyl (C=O) groups excluding carboxylic acids is 2. The fourth-order valence-electron chi connectivity index (χ4n) is 3.62. The lowest BCUT2D eigenvalue weighted by Crippen LogP contribution is -2.31. The van der Waals surface area contributed by atoms with E-state index in [0.29, 0.717) is 10.7 Å². The van der Waals surface area contributed by atoms with Gasteiger partial charge in [-0.05, 0) is 41.8 Å². The van der Waals surface area contributed by atoms with Crippen LogP contribution in [0.5, 0.6) is 5.75 Å². The van der Waals surface area contributed by atoms with Gasteiger partial charge in [-0.3, -0.25) is 14.5 Å². The zero-order chi connectivity index (χ0) is 21.6. The molecular weight excluding hydrogens is 400 g/mol. The fraction of sp³-hybridized carbons (Fsp3) is 0.261. The number of aryl methyl sites for hydroxylation is 1. The van der Waals surface area contributed by atoms with Crippen molar-refractivity contribution in [2.45, 2.75) is 33.2 Å². The Labute approximate surface area is 178 Å². The van der Waals surface area contributed by atoms with Crippen LogP contribution in [0.15, 0.2) is 53.8 Å². The van der Waals surface area contributed by atoms with E-state index in [1.165, 1.54) is 28.4 Å². The van der Waals surface area contributed by atoms with Crippen molar-refractivity contribution in [1.82, 2.24) is 4.98 Å². The molecule has 0 bridgehead atoms. The number of hydrogen-bond acceptors (Lipinski definition) is 6. The maximum atomic E-state index is 13.1. The third-order valence-corrected chi connectivity index (χ3v) is 6.28. The molecule has 0 radical (unpaired) electrons. The van der Waals surface area contributed by atoms with Crippen LogP contribution in [0.2, 0.25) is 0 Å². The van der Waals surface area contributed by atoms with Crippen molar-refractivity contribution in [2.24, 2.45) is 5.92 Å². The highest BCUT2D eigenvalue weighted by Gasteiger charge is 2.46. The Hall–Kier alpha value is -3.19. The molecule has 2 heterocycles. The minimum atomic E-state index is -0.806. The SMILES string of the molecule is CCc1ccc2nc(N3C(=O)C(O)=C(C(=O)C(C)C)C3c3ccc(O)cc3)sc2c1. The van der Waals surface area contributed by atoms with Gasteiger partial charge in [0.2, 0.25) is 0 Å². The molecule has 4 rings (SSSR count). The van der Waals surface area contributed by atoms with Crippen molar-refractivity contribution in [2.75, 3.05) is 4.90 Å². The molecule has 1 aromatic heterocycles. The largest absolute Gasteiger partial charge is 0.508 e. The first-order chi connectivity index (χ1) is 14.3. The summed E-state index contributed by atoms with van der Waals surface area (Å²) in [5, 5.41) is 20.7. The molecule has 6 nitrogen and oxygen atoms in total. The first-order valence-corrected chi connectivity index (χ1v) is 10.6. The lowest BCUT2D eigenvalue weighted by molar-refractivity contribution is -0.119. The summed E-state index contributed by atoms with van der Waals surface area (Å²) in [4.78, 5) is 32.0. The first-order valence-electron chi connectivity index (χ1n) is 9.81. The third-order valence-electron chi connectivity index (χ3n) is 5.26. The number of benzene rings is 2. The molecular formula is C23H22N2O4S. The van der Waals surface area contributed by atoms with Crippen LogP contribution in [0.25, 0.3) is 10.2 Å². The first kappa shape index (κ1) is 20.1. The smallest absolute Gasteiger partial charge is 0.296 e. The number of thiazole rings is 1. The summed E-state index contributed by atoms with van der Waals surface area (Å²) in [6.07, 6.45) is 0.886. The number of carbonyl (C=O) groups is 2. The maximum absolute atomic E-state index is 13.1. The van der Waals surface area contributed by atoms with E-state index in [1.807, 2.05) is 18.2 Å². The number of nitrogens with zero attached hydrogens (tertiary/aromatic N) is 2. The maximum Gasteiger partial charge on any atom is 0.296 e. The molecule has 0 saturated heterocycles. The lowest BCUT2D eigenvalue weighted by atomic mass is 9.91. The Morgan fingerprint density at radius 3 is 2.50 bits per heavy atom. The van der Waals surface area contributed by atoms with Crippen LogP contribution in [-0.2, 0) is 16.0 Å². The summed E-state index contributed by atoms with van der Waals surface area (Å²) in [6.45, 7) is 5.53. The van der Waals surface area contributed by atoms with Crippen LogP contribution in [-0.4, -0.2) is 26.9 Å². The number of rotatable bonds is 5. The summed E-state index contributed by atoms with van der Waals surface area (Å²) in [5.74, 6) is -1.80. The number of aliphatic hydroxyl groups is 1. The van der Waals surface area contributed by atoms with Gasteiger partial charge in [0.05, 0.1) is 21.8 Å². The van der Waals surface area contributed by atoms with E-state index in [0.717, 1.165) is 22.2 Å². The van der Waals surface area contributed by atoms with E-state index < -0.39 is 23.6 Å². The van der Waals surface area contributed by atoms with Crippen LogP contribution in [0, 0.1) is 5.92 Å². The summed E-state index contributed by atoms with van der Waals surface area (Å²) in [6, 6.07) is 11.4. The molecule has 1 unspecified atom stereocenters. The number of amides is 1. The van der Waals surface area contributed by atoms with Gasteiger partial charge in [-0.1, -0.05) is 50.3 Å². The molecule has 3 aromatic rings. The molecule has 2 N–H and O–H groups in total. The van der Waals surface area contributed by atoms with Gasteiger partial charge in [-0.15, -0.1) is 0 Å². The second-order valence-electron chi connectivity index (χ2n) is 7.60. The highest BCUT2D eigenvalue weighted by molar-refractivity contribution is 7.22. The van der Waals surface area contributed by atoms with E-state index in [-0.39, 0.29) is 17.1 Å². The van der Waals surface area contributed by atoms with Crippen LogP contribution in [0.4, 0.5) is 5.13 Å². The number of ketones is 1. The van der Waals surface area contributed by atoms with Crippen molar-refractivity contribution >= 4 is 38.4 Å². The van der Waals surface area contributed by atoms with Crippen molar-refractivity contribution in [3.8, 4) is 5.75 Å². The Morgan fingerprint density at radius 2 is 1.87 bits per heavy atom. The van der Waals surface area contributed by atoms with Gasteiger partial charge >= 0.3 is 0 Å². The molecule has 0 fully saturated rings. The van der Waals surface area contributed by atoms with E-state index in [2.05, 4.69) is 11.9 Å². The molecule has 0 saturated carbocycles. The highest BCUT2D eigenvalue weighted by Crippen LogP contribution is 2.44. The van der Waals surface area contributed by atoms with Gasteiger partial charge < -0.3 is 10.2 Å². The summed E-state index contributed by atoms with van der Waals surface area (Å²) in [7, 11) is 0. The quantitative estimate of drug-likeness (QED) is 0.622. The highest BCUT2D eigenvalue weighted by atomic mass is 32.1. The Morgan fingerprint density at radius 1 is 1.17 bits per heavy atom. The molecule has 154 valence electrons. The number of aliphatic hydroxyl groups excluding tert-OH is 1. The monoisotopic (exact) mass is 422 g/mol. The number of aromatic nitrogens is 1. The van der Waals surface area contributed by atoms with Crippen molar-refractivity contribution in [3.63, 3.8) is 0 Å². The van der Waals surface area contributed by atoms with E-state index in [1.54, 1.807) is 26.0 Å². The summed E-state index contributed by atoms with van der Waals surface area (Å²) < 4.78 is 0.935. The van der Waals surface area contributed by atoms with Crippen molar-refractivity contribution < 1.29 is 19.8 Å². The zero-order valence-electron chi connectivity index (χ0n) is 16.9. The minimum absolute atomic E-state index is 0.0641. The van der Waals surface area contributed by atoms with Crippen LogP contribution in [0.3, 0.4) is 0 Å². The topological polar surface area (TPSA) is 90.7 Å². The van der Waals surface area contributed by atoms with Crippen molar-refractivity contribution in [1.29, 1.82) is 0 Å². The fourth-order valence-corrected chi connectivity index (χ4v) is 4.67. The molecule has 7 heteroatoms. The van der Waals surface area contributed by atoms with Gasteiger partial charge in [0.25, 0.3) is 5.91 Å². The van der Waals surface area contributed by atoms with Crippen LogP contribution < -0.4 is 4.90 Å². The second kappa shape index (κ2) is 7.57. The molecule has 2 aromatic carbocycles. The van der Waals surface area contributed by atoms with E-state index in [9.17, 15) is 19.8 Å². The Bertz CT molecular complexity index is 1180. The predicted octanol–water partition coefficient (Wildman–Crippen LogP) is 4.69. The number of anilines is 1. The zero-order valence-corrected chi connectivity index (χ0v) is 17.7. The lowest BCUT2D eigenvalue weighted by Gasteiger charge is -2.25. The number of Topliss-reactive ketones (excluding diaryl/α,β-unsaturated/α-hetero) is 1. The molecule has 1 aliphatic rings. The number of fused-ring (bicyclic) bond motifs is 1. The van der Waals surface area contributed by atoms with Crippen molar-refractivity contribution in [3.05, 3.63) is 64.9 Å². The van der Waals surface area contributed by atoms with E-state index >= 15 is 0 Å². The average Bonchev–Trinajstić information content (AvgIpc) is 3.26. The second-order valence-corrected chi connectivity index (χ2v) is 8.61. The molecule has 0 aliphatic carbocycles. The summed E-state index contributed by atoms with van der Waals surface area (Å²) in [5.41, 5.74) is 2.60. The minimum Gasteiger partial charge on any atom is -0.508 e. The van der Waals surface area contributed by atoms with Gasteiger partial charge in [0, 0.05) is 5.92 Å². The number of hydrogen-bond donors (Lipinski definition) is 2. The molecule has 1 amide bonds. The van der Waals surface area contributed by atoms with Crippen LogP contribution in [0.1, 0.15) is 37.9 Å². The normalized spacial score (nSPS) is 16.9. The van der Waals surface area contributed by atoms with Gasteiger partial charge in [0.15, 0.2) is 16.7 Å². The number of aromatic hydroxyl groups is 1. The molecule has 30 heavy (non-hydrogen) atoms. The predicted molar refractivity (Wildman–Crippen MR) is 117 cm³/mol. The Balaban J connectivity index is 1.88. The standard InChI is InChI=1S/C23H22N2O4S/c1-4-13-5-10-16-17(11-13)30-23(24-16)25-19(14-6-8-15(26)9-7-14)18(20(27)12(2)3)21(28)22(25)29/h5-12,19,26,28H,4H2,1-3H3. The third kappa shape index (κ3) is 3.25. The molecule has 1 atom stereocenters. The molecule has 1 aliphatic heterocycles. The van der Waals surface area contributed by atoms with Gasteiger partial charge in [-0.25, -0.2) is 4.98 Å². The van der Waals surface area contributed by atoms with Crippen LogP contribution >= 0.6 is 11.3 Å². The van der Waals surface area contributed by atoms with Gasteiger partial charge in [0.1, 0.15) is 5.75 Å². The Kier molecular flexibility index (Phi) is 5.07. The average molecular weight is 423 g/mol. The van der Waals surface area contributed by atoms with E-state index in [4.69, 9.17) is 0 Å². The van der Waals surface area contributed by atoms with Gasteiger partial charge in [-0.2, -0.15) is 0 Å².